The van der Waals surface area contributed by atoms with Gasteiger partial charge >= 0.3 is 0 Å². The average Bonchev–Trinajstić information content (AvgIpc) is 3.82. The minimum absolute atomic E-state index is 0.0875. The van der Waals surface area contributed by atoms with Crippen molar-refractivity contribution in [1.82, 2.24) is 0 Å². The van der Waals surface area contributed by atoms with Crippen LogP contribution in [0.1, 0.15) is 115 Å². The van der Waals surface area contributed by atoms with Crippen molar-refractivity contribution in [2.24, 2.45) is 0 Å². The highest BCUT2D eigenvalue weighted by atomic mass is 32.1. The molecular weight excluding hydrogens is 729 g/mol. The zero-order valence-corrected chi connectivity index (χ0v) is 36.5. The van der Waals surface area contributed by atoms with Crippen molar-refractivity contribution in [1.29, 1.82) is 0 Å². The van der Waals surface area contributed by atoms with Crippen LogP contribution in [0.4, 0.5) is 0 Å². The van der Waals surface area contributed by atoms with E-state index in [1.807, 2.05) is 0 Å². The summed E-state index contributed by atoms with van der Waals surface area (Å²) in [6.45, 7) is 20.6. The zero-order chi connectivity index (χ0) is 40.8. The molecule has 0 aromatic heterocycles. The molecule has 0 amide bonds. The fourth-order valence-electron chi connectivity index (χ4n) is 12.2. The van der Waals surface area contributed by atoms with Crippen LogP contribution < -0.4 is 0 Å². The first kappa shape index (κ1) is 36.4. The number of benzene rings is 7. The molecule has 59 heavy (non-hydrogen) atoms. The van der Waals surface area contributed by atoms with Crippen molar-refractivity contribution in [3.63, 3.8) is 0 Å². The summed E-state index contributed by atoms with van der Waals surface area (Å²) >= 11 is 5.42. The largest absolute Gasteiger partial charge is 0.142 e. The second-order valence-electron chi connectivity index (χ2n) is 17.7. The molecule has 288 valence electrons. The van der Waals surface area contributed by atoms with Crippen LogP contribution >= 0.6 is 12.6 Å². The Hall–Kier alpha value is -5.63. The first-order valence-electron chi connectivity index (χ1n) is 21.4. The first-order chi connectivity index (χ1) is 28.6. The molecule has 0 N–H and O–H groups in total. The summed E-state index contributed by atoms with van der Waals surface area (Å²) in [5.74, 6) is 0.212. The maximum absolute atomic E-state index is 5.42. The summed E-state index contributed by atoms with van der Waals surface area (Å²) in [5.41, 5.74) is 31.6. The Morgan fingerprint density at radius 3 is 2.02 bits per heavy atom. The van der Waals surface area contributed by atoms with Gasteiger partial charge in [0.05, 0.1) is 5.41 Å². The van der Waals surface area contributed by atoms with Crippen LogP contribution in [0.2, 0.25) is 0 Å². The smallest absolute Gasteiger partial charge is 0.0737 e. The Bertz CT molecular complexity index is 3210. The van der Waals surface area contributed by atoms with E-state index in [4.69, 9.17) is 12.6 Å². The quantitative estimate of drug-likeness (QED) is 0.131. The van der Waals surface area contributed by atoms with Crippen LogP contribution in [0.5, 0.6) is 0 Å². The molecule has 1 heteroatoms. The van der Waals surface area contributed by atoms with Gasteiger partial charge in [0.1, 0.15) is 0 Å². The van der Waals surface area contributed by atoms with E-state index in [1.165, 1.54) is 138 Å². The summed E-state index contributed by atoms with van der Waals surface area (Å²) in [6, 6.07) is 39.9. The highest BCUT2D eigenvalue weighted by molar-refractivity contribution is 7.80. The topological polar surface area (TPSA) is 0 Å². The van der Waals surface area contributed by atoms with Gasteiger partial charge in [0, 0.05) is 22.3 Å². The minimum Gasteiger partial charge on any atom is -0.142 e. The molecule has 0 radical (unpaired) electrons. The van der Waals surface area contributed by atoms with Gasteiger partial charge in [0.2, 0.25) is 0 Å². The maximum atomic E-state index is 5.42. The third-order valence-corrected chi connectivity index (χ3v) is 15.8. The van der Waals surface area contributed by atoms with Crippen LogP contribution in [0.15, 0.2) is 132 Å². The predicted octanol–water partition coefficient (Wildman–Crippen LogP) is 14.9. The van der Waals surface area contributed by atoms with Crippen LogP contribution in [0.3, 0.4) is 0 Å². The highest BCUT2D eigenvalue weighted by Gasteiger charge is 2.58. The molecule has 6 aromatic rings. The molecule has 0 heterocycles. The maximum Gasteiger partial charge on any atom is 0.0737 e. The van der Waals surface area contributed by atoms with Crippen molar-refractivity contribution < 1.29 is 0 Å². The van der Waals surface area contributed by atoms with Crippen molar-refractivity contribution >= 4 is 12.6 Å². The molecule has 0 saturated carbocycles. The van der Waals surface area contributed by atoms with E-state index in [1.54, 1.807) is 0 Å². The van der Waals surface area contributed by atoms with E-state index in [0.29, 0.717) is 0 Å². The van der Waals surface area contributed by atoms with E-state index >= 15 is 0 Å². The third-order valence-electron chi connectivity index (χ3n) is 15.2. The average molecular weight is 779 g/mol. The first-order valence-corrected chi connectivity index (χ1v) is 21.8. The van der Waals surface area contributed by atoms with Crippen molar-refractivity contribution in [3.8, 4) is 33.4 Å². The van der Waals surface area contributed by atoms with Gasteiger partial charge in [-0.25, -0.2) is 0 Å². The van der Waals surface area contributed by atoms with E-state index in [9.17, 15) is 0 Å². The SMILES string of the molecule is C/C=C\C(=C/C)C(c1ccccc1)c1ccc2c(c1)C(c1cccc3c1-c1c(c4c(C)cc1=4)C31c3c(cc(C)c(C)c3C)-c3c(S)c(C)c(C)c(C)c31)c1ccccc1-2. The normalized spacial score (nSPS) is 17.9. The number of rotatable bonds is 5. The van der Waals surface area contributed by atoms with Crippen molar-refractivity contribution in [2.75, 3.05) is 0 Å². The van der Waals surface area contributed by atoms with Crippen molar-refractivity contribution in [3.05, 3.63) is 226 Å². The van der Waals surface area contributed by atoms with Crippen molar-refractivity contribution in [2.45, 2.75) is 84.5 Å². The monoisotopic (exact) mass is 778 g/mol. The molecule has 0 bridgehead atoms. The van der Waals surface area contributed by atoms with Crippen LogP contribution in [0, 0.1) is 58.9 Å². The lowest BCUT2D eigenvalue weighted by Crippen LogP contribution is -2.30. The molecule has 3 atom stereocenters. The standard InChI is InChI=1S/C58H50S/c1-10-18-37(11-2)49(38-19-13-12-14-20-38)39-25-26-41-40-21-15-16-22-42(40)50(44(41)29-39)43-23-17-24-47-51(43)52-45-28-31(4)48(45)56(52)58(47)54-34(7)32(5)30(3)27-46(54)53-55(58)35(8)33(6)36(9)57(53)59/h10-29,49-50,59H,1-9H3/b18-10-,37-11+. The number of hydrogen-bond acceptors (Lipinski definition) is 1. The summed E-state index contributed by atoms with van der Waals surface area (Å²) in [5, 5.41) is 2.93. The van der Waals surface area contributed by atoms with Gasteiger partial charge in [0.25, 0.3) is 0 Å². The lowest BCUT2D eigenvalue weighted by molar-refractivity contribution is 0.758. The van der Waals surface area contributed by atoms with Crippen LogP contribution in [-0.4, -0.2) is 0 Å². The molecule has 0 saturated heterocycles. The van der Waals surface area contributed by atoms with Gasteiger partial charge in [-0.15, -0.1) is 12.6 Å². The summed E-state index contributed by atoms with van der Waals surface area (Å²) < 4.78 is 0. The summed E-state index contributed by atoms with van der Waals surface area (Å²) in [7, 11) is 0. The minimum atomic E-state index is -0.420. The number of hydrogen-bond donors (Lipinski definition) is 1. The van der Waals surface area contributed by atoms with E-state index in [2.05, 4.69) is 184 Å². The second-order valence-corrected chi connectivity index (χ2v) is 18.2. The number of fused-ring (bicyclic) bond motifs is 15. The Morgan fingerprint density at radius 1 is 0.559 bits per heavy atom. The number of allylic oxidation sites excluding steroid dienone is 4. The van der Waals surface area contributed by atoms with Gasteiger partial charge in [-0.05, 0) is 195 Å². The van der Waals surface area contributed by atoms with Gasteiger partial charge in [-0.2, -0.15) is 0 Å². The Labute approximate surface area is 355 Å². The molecule has 1 spiro atoms. The lowest BCUT2D eigenvalue weighted by atomic mass is 9.64. The van der Waals surface area contributed by atoms with E-state index < -0.39 is 5.41 Å². The Balaban J connectivity index is 1.24. The van der Waals surface area contributed by atoms with Crippen LogP contribution in [-0.2, 0) is 5.41 Å². The van der Waals surface area contributed by atoms with Gasteiger partial charge in [-0.3, -0.25) is 0 Å². The van der Waals surface area contributed by atoms with Crippen LogP contribution in [0.25, 0.3) is 33.4 Å². The molecule has 11 rings (SSSR count). The molecule has 5 aliphatic carbocycles. The summed E-state index contributed by atoms with van der Waals surface area (Å²) in [6.07, 6.45) is 6.75. The Kier molecular flexibility index (Phi) is 7.84. The lowest BCUT2D eigenvalue weighted by Gasteiger charge is -2.36. The predicted molar refractivity (Wildman–Crippen MR) is 251 cm³/mol. The summed E-state index contributed by atoms with van der Waals surface area (Å²) in [4.78, 5) is 1.13. The molecule has 5 aliphatic rings. The van der Waals surface area contributed by atoms with E-state index in [-0.39, 0.29) is 11.8 Å². The van der Waals surface area contributed by atoms with E-state index in [0.717, 1.165) is 4.90 Å². The van der Waals surface area contributed by atoms with Gasteiger partial charge in [0.15, 0.2) is 0 Å². The van der Waals surface area contributed by atoms with Gasteiger partial charge in [-0.1, -0.05) is 121 Å². The molecule has 6 aromatic carbocycles. The molecule has 3 unspecified atom stereocenters. The number of aryl methyl sites for hydroxylation is 2. The second kappa shape index (κ2) is 12.7. The third kappa shape index (κ3) is 4.42. The molecule has 0 nitrogen and oxygen atoms in total. The molecule has 0 fully saturated rings. The Morgan fingerprint density at radius 2 is 1.27 bits per heavy atom. The fourth-order valence-corrected chi connectivity index (χ4v) is 12.6. The molecular formula is C58H50S. The highest BCUT2D eigenvalue weighted by Crippen LogP contribution is 2.69. The molecule has 0 aliphatic heterocycles. The zero-order valence-electron chi connectivity index (χ0n) is 35.6. The van der Waals surface area contributed by atoms with Gasteiger partial charge < -0.3 is 0 Å². The number of thiol groups is 1. The fraction of sp³-hybridized carbons (Fsp3) is 0.207.